The zero-order valence-corrected chi connectivity index (χ0v) is 19.6. The van der Waals surface area contributed by atoms with Gasteiger partial charge in [-0.05, 0) is 67.8 Å². The maximum absolute atomic E-state index is 13.3. The molecule has 0 unspecified atom stereocenters. The molecule has 0 aliphatic carbocycles. The third-order valence-corrected chi connectivity index (χ3v) is 6.17. The maximum atomic E-state index is 13.3. The molecular formula is C25H22F3N5O2. The van der Waals surface area contributed by atoms with Gasteiger partial charge in [-0.3, -0.25) is 9.48 Å². The van der Waals surface area contributed by atoms with Crippen molar-refractivity contribution in [3.63, 3.8) is 0 Å². The minimum atomic E-state index is -4.52. The Labute approximate surface area is 199 Å². The van der Waals surface area contributed by atoms with E-state index in [2.05, 4.69) is 15.1 Å². The molecule has 0 saturated heterocycles. The molecule has 180 valence electrons. The van der Waals surface area contributed by atoms with Gasteiger partial charge in [0.2, 0.25) is 0 Å². The van der Waals surface area contributed by atoms with Gasteiger partial charge in [-0.15, -0.1) is 0 Å². The molecule has 4 heterocycles. The summed E-state index contributed by atoms with van der Waals surface area (Å²) in [6, 6.07) is 8.11. The van der Waals surface area contributed by atoms with Crippen molar-refractivity contribution >= 4 is 22.6 Å². The number of nitrogens with zero attached hydrogens (tertiary/aromatic N) is 5. The van der Waals surface area contributed by atoms with Crippen molar-refractivity contribution in [1.29, 1.82) is 0 Å². The van der Waals surface area contributed by atoms with Gasteiger partial charge in [0.25, 0.3) is 5.91 Å². The summed E-state index contributed by atoms with van der Waals surface area (Å²) in [6.45, 7) is 6.13. The van der Waals surface area contributed by atoms with Crippen molar-refractivity contribution in [1.82, 2.24) is 19.7 Å². The molecule has 1 aromatic carbocycles. The summed E-state index contributed by atoms with van der Waals surface area (Å²) in [5.41, 5.74) is 4.39. The largest absolute Gasteiger partial charge is 0.488 e. The Morgan fingerprint density at radius 3 is 2.51 bits per heavy atom. The highest BCUT2D eigenvalue weighted by Gasteiger charge is 2.33. The molecule has 35 heavy (non-hydrogen) atoms. The summed E-state index contributed by atoms with van der Waals surface area (Å²) in [5, 5.41) is 4.13. The van der Waals surface area contributed by atoms with Crippen molar-refractivity contribution in [2.75, 3.05) is 18.1 Å². The third kappa shape index (κ3) is 3.88. The predicted molar refractivity (Wildman–Crippen MR) is 125 cm³/mol. The van der Waals surface area contributed by atoms with Gasteiger partial charge in [0.05, 0.1) is 29.5 Å². The normalized spacial score (nSPS) is 14.1. The van der Waals surface area contributed by atoms with Crippen molar-refractivity contribution in [3.05, 3.63) is 64.6 Å². The van der Waals surface area contributed by atoms with Gasteiger partial charge >= 0.3 is 6.18 Å². The molecule has 0 N–H and O–H groups in total. The molecule has 0 fully saturated rings. The van der Waals surface area contributed by atoms with Crippen LogP contribution in [0.2, 0.25) is 0 Å². The highest BCUT2D eigenvalue weighted by molar-refractivity contribution is 6.07. The van der Waals surface area contributed by atoms with Crippen molar-refractivity contribution in [2.24, 2.45) is 7.05 Å². The van der Waals surface area contributed by atoms with E-state index < -0.39 is 11.9 Å². The molecule has 0 radical (unpaired) electrons. The molecule has 5 rings (SSSR count). The molecule has 10 heteroatoms. The lowest BCUT2D eigenvalue weighted by Crippen LogP contribution is -2.34. The Balaban J connectivity index is 1.55. The Morgan fingerprint density at radius 2 is 1.77 bits per heavy atom. The zero-order valence-electron chi connectivity index (χ0n) is 19.6. The topological polar surface area (TPSA) is 73.1 Å². The summed E-state index contributed by atoms with van der Waals surface area (Å²) >= 11 is 0. The number of hydrogen-bond donors (Lipinski definition) is 0. The molecule has 0 spiro atoms. The number of amides is 1. The van der Waals surface area contributed by atoms with Gasteiger partial charge in [-0.2, -0.15) is 18.3 Å². The fraction of sp³-hybridized carbons (Fsp3) is 0.280. The number of alkyl halides is 3. The smallest absolute Gasteiger partial charge is 0.433 e. The number of pyridine rings is 2. The van der Waals surface area contributed by atoms with E-state index in [0.717, 1.165) is 28.4 Å². The number of carbonyl (C=O) groups excluding carboxylic acids is 1. The SMILES string of the molecule is Cc1cc(N2CCOc3cnn(C)c3C2=O)c(C)cc1-c1ccc2nc(C(F)(F)F)cc(C)c2n1. The molecule has 0 saturated carbocycles. The summed E-state index contributed by atoms with van der Waals surface area (Å²) in [7, 11) is 1.70. The molecule has 1 aliphatic heterocycles. The standard InChI is InChI=1S/C25H22F3N5O2/c1-13-10-19(33-7-8-35-20-12-29-32(4)23(20)24(33)34)14(2)9-16(13)17-5-6-18-22(31-17)15(3)11-21(30-18)25(26,27)28/h5-6,9-12H,7-8H2,1-4H3. The molecule has 1 aliphatic rings. The minimum Gasteiger partial charge on any atom is -0.488 e. The maximum Gasteiger partial charge on any atom is 0.433 e. The molecule has 7 nitrogen and oxygen atoms in total. The van der Waals surface area contributed by atoms with Crippen LogP contribution in [0.15, 0.2) is 36.5 Å². The molecule has 0 bridgehead atoms. The van der Waals surface area contributed by atoms with Crippen molar-refractivity contribution in [3.8, 4) is 17.0 Å². The molecule has 0 atom stereocenters. The molecule has 3 aromatic heterocycles. The first-order valence-electron chi connectivity index (χ1n) is 11.0. The van der Waals surface area contributed by atoms with Crippen LogP contribution >= 0.6 is 0 Å². The number of rotatable bonds is 2. The van der Waals surface area contributed by atoms with E-state index in [1.54, 1.807) is 31.0 Å². The number of hydrogen-bond acceptors (Lipinski definition) is 5. The number of aryl methyl sites for hydroxylation is 4. The Kier molecular flexibility index (Phi) is 5.26. The second-order valence-corrected chi connectivity index (χ2v) is 8.63. The fourth-order valence-corrected chi connectivity index (χ4v) is 4.40. The van der Waals surface area contributed by atoms with E-state index >= 15 is 0 Å². The van der Waals surface area contributed by atoms with Crippen LogP contribution < -0.4 is 9.64 Å². The summed E-state index contributed by atoms with van der Waals surface area (Å²) in [4.78, 5) is 23.4. The third-order valence-electron chi connectivity index (χ3n) is 6.17. The summed E-state index contributed by atoms with van der Waals surface area (Å²) in [5.74, 6) is 0.266. The number of benzene rings is 1. The van der Waals surface area contributed by atoms with Gasteiger partial charge in [0.15, 0.2) is 11.4 Å². The van der Waals surface area contributed by atoms with Crippen LogP contribution in [0.4, 0.5) is 18.9 Å². The van der Waals surface area contributed by atoms with Crippen LogP contribution in [-0.4, -0.2) is 38.8 Å². The summed E-state index contributed by atoms with van der Waals surface area (Å²) in [6.07, 6.45) is -2.98. The monoisotopic (exact) mass is 481 g/mol. The van der Waals surface area contributed by atoms with Crippen LogP contribution in [0, 0.1) is 20.8 Å². The number of ether oxygens (including phenoxy) is 1. The van der Waals surface area contributed by atoms with E-state index in [9.17, 15) is 18.0 Å². The lowest BCUT2D eigenvalue weighted by molar-refractivity contribution is -0.141. The zero-order chi connectivity index (χ0) is 25.1. The van der Waals surface area contributed by atoms with Gasteiger partial charge in [-0.1, -0.05) is 0 Å². The lowest BCUT2D eigenvalue weighted by Gasteiger charge is -2.24. The van der Waals surface area contributed by atoms with Crippen molar-refractivity contribution in [2.45, 2.75) is 26.9 Å². The first kappa shape index (κ1) is 22.8. The van der Waals surface area contributed by atoms with Crippen LogP contribution in [0.1, 0.15) is 32.9 Å². The summed E-state index contributed by atoms with van der Waals surface area (Å²) < 4.78 is 46.6. The second kappa shape index (κ2) is 8.07. The van der Waals surface area contributed by atoms with Crippen LogP contribution in [0.3, 0.4) is 0 Å². The number of fused-ring (bicyclic) bond motifs is 2. The number of halogens is 3. The van der Waals surface area contributed by atoms with E-state index in [0.29, 0.717) is 41.4 Å². The number of carbonyl (C=O) groups is 1. The highest BCUT2D eigenvalue weighted by atomic mass is 19.4. The number of aromatic nitrogens is 4. The second-order valence-electron chi connectivity index (χ2n) is 8.63. The van der Waals surface area contributed by atoms with Gasteiger partial charge in [-0.25, -0.2) is 9.97 Å². The van der Waals surface area contributed by atoms with E-state index in [4.69, 9.17) is 4.74 Å². The van der Waals surface area contributed by atoms with E-state index in [-0.39, 0.29) is 11.4 Å². The van der Waals surface area contributed by atoms with Crippen LogP contribution in [0.25, 0.3) is 22.3 Å². The van der Waals surface area contributed by atoms with Gasteiger partial charge in [0, 0.05) is 18.3 Å². The van der Waals surface area contributed by atoms with Gasteiger partial charge < -0.3 is 9.64 Å². The minimum absolute atomic E-state index is 0.189. The van der Waals surface area contributed by atoms with E-state index in [1.165, 1.54) is 10.9 Å². The Morgan fingerprint density at radius 1 is 1.00 bits per heavy atom. The Bertz CT molecular complexity index is 1490. The van der Waals surface area contributed by atoms with Crippen LogP contribution in [0.5, 0.6) is 5.75 Å². The molecular weight excluding hydrogens is 459 g/mol. The first-order valence-corrected chi connectivity index (χ1v) is 11.0. The Hall–Kier alpha value is -3.95. The fourth-order valence-electron chi connectivity index (χ4n) is 4.40. The molecule has 4 aromatic rings. The number of anilines is 1. The predicted octanol–water partition coefficient (Wildman–Crippen LogP) is 5.01. The quantitative estimate of drug-likeness (QED) is 0.402. The average Bonchev–Trinajstić information content (AvgIpc) is 3.08. The van der Waals surface area contributed by atoms with E-state index in [1.807, 2.05) is 26.0 Å². The van der Waals surface area contributed by atoms with Crippen molar-refractivity contribution < 1.29 is 22.7 Å². The van der Waals surface area contributed by atoms with Crippen LogP contribution in [-0.2, 0) is 13.2 Å². The highest BCUT2D eigenvalue weighted by Crippen LogP contribution is 2.35. The lowest BCUT2D eigenvalue weighted by atomic mass is 9.99. The average molecular weight is 481 g/mol. The van der Waals surface area contributed by atoms with Gasteiger partial charge in [0.1, 0.15) is 12.3 Å². The molecule has 1 amide bonds. The first-order chi connectivity index (χ1) is 16.5.